The van der Waals surface area contributed by atoms with Gasteiger partial charge in [-0.25, -0.2) is 0 Å². The summed E-state index contributed by atoms with van der Waals surface area (Å²) >= 11 is 0. The minimum absolute atomic E-state index is 0.194. The molecule has 0 saturated heterocycles. The molecule has 0 N–H and O–H groups in total. The number of carbonyl (C=O) groups excluding carboxylic acids is 1. The van der Waals surface area contributed by atoms with Crippen LogP contribution >= 0.6 is 0 Å². The van der Waals surface area contributed by atoms with Crippen molar-refractivity contribution >= 4 is 12.0 Å². The summed E-state index contributed by atoms with van der Waals surface area (Å²) in [7, 11) is 0. The molecule has 0 bridgehead atoms. The second-order valence-electron chi connectivity index (χ2n) is 6.08. The van der Waals surface area contributed by atoms with Gasteiger partial charge < -0.3 is 4.74 Å². The highest BCUT2D eigenvalue weighted by Gasteiger charge is 2.13. The van der Waals surface area contributed by atoms with E-state index in [0.717, 1.165) is 16.7 Å². The summed E-state index contributed by atoms with van der Waals surface area (Å²) in [6, 6.07) is 29.8. The van der Waals surface area contributed by atoms with E-state index in [-0.39, 0.29) is 12.1 Å². The van der Waals surface area contributed by atoms with Gasteiger partial charge in [0.25, 0.3) is 0 Å². The van der Waals surface area contributed by atoms with Crippen molar-refractivity contribution < 1.29 is 9.53 Å². The van der Waals surface area contributed by atoms with E-state index in [1.165, 1.54) is 0 Å². The number of aryl methyl sites for hydroxylation is 1. The molecule has 0 aliphatic carbocycles. The fourth-order valence-electron chi connectivity index (χ4n) is 2.72. The summed E-state index contributed by atoms with van der Waals surface area (Å²) < 4.78 is 5.75. The van der Waals surface area contributed by atoms with E-state index >= 15 is 0 Å². The van der Waals surface area contributed by atoms with E-state index in [2.05, 4.69) is 0 Å². The molecule has 1 unspecified atom stereocenters. The fourth-order valence-corrected chi connectivity index (χ4v) is 2.72. The van der Waals surface area contributed by atoms with Gasteiger partial charge in [-0.1, -0.05) is 97.1 Å². The molecule has 0 radical (unpaired) electrons. The summed E-state index contributed by atoms with van der Waals surface area (Å²) in [5, 5.41) is 0. The second-order valence-corrected chi connectivity index (χ2v) is 6.08. The Morgan fingerprint density at radius 3 is 2.04 bits per heavy atom. The molecular formula is C24H22O2. The van der Waals surface area contributed by atoms with Gasteiger partial charge in [0.1, 0.15) is 6.10 Å². The topological polar surface area (TPSA) is 26.3 Å². The number of ether oxygens (including phenoxy) is 1. The van der Waals surface area contributed by atoms with Crippen molar-refractivity contribution in [2.24, 2.45) is 0 Å². The van der Waals surface area contributed by atoms with Gasteiger partial charge in [0.05, 0.1) is 0 Å². The summed E-state index contributed by atoms with van der Waals surface area (Å²) in [5.41, 5.74) is 3.18. The number of carbonyl (C=O) groups is 1. The van der Waals surface area contributed by atoms with Crippen LogP contribution in [0, 0.1) is 0 Å². The summed E-state index contributed by atoms with van der Waals surface area (Å²) in [4.78, 5) is 12.4. The first-order chi connectivity index (χ1) is 12.8. The Morgan fingerprint density at radius 2 is 1.38 bits per heavy atom. The predicted octanol–water partition coefficient (Wildman–Crippen LogP) is 5.62. The molecular weight excluding hydrogens is 320 g/mol. The predicted molar refractivity (Wildman–Crippen MR) is 106 cm³/mol. The third kappa shape index (κ3) is 5.45. The maximum Gasteiger partial charge on any atom is 0.307 e. The van der Waals surface area contributed by atoms with Gasteiger partial charge in [0, 0.05) is 6.42 Å². The molecule has 2 nitrogen and oxygen atoms in total. The zero-order valence-corrected chi connectivity index (χ0v) is 14.6. The van der Waals surface area contributed by atoms with Gasteiger partial charge in [-0.2, -0.15) is 0 Å². The summed E-state index contributed by atoms with van der Waals surface area (Å²) in [6.45, 7) is 0. The zero-order chi connectivity index (χ0) is 18.0. The van der Waals surface area contributed by atoms with Crippen molar-refractivity contribution in [1.82, 2.24) is 0 Å². The molecule has 0 amide bonds. The second kappa shape index (κ2) is 9.38. The van der Waals surface area contributed by atoms with Gasteiger partial charge in [-0.05, 0) is 29.2 Å². The smallest absolute Gasteiger partial charge is 0.307 e. The van der Waals surface area contributed by atoms with Gasteiger partial charge >= 0.3 is 5.97 Å². The quantitative estimate of drug-likeness (QED) is 0.521. The highest BCUT2D eigenvalue weighted by atomic mass is 16.5. The largest absolute Gasteiger partial charge is 0.453 e. The monoisotopic (exact) mass is 342 g/mol. The van der Waals surface area contributed by atoms with Gasteiger partial charge in [-0.15, -0.1) is 0 Å². The Kier molecular flexibility index (Phi) is 6.38. The Balaban J connectivity index is 1.67. The number of esters is 1. The first-order valence-electron chi connectivity index (χ1n) is 8.83. The average molecular weight is 342 g/mol. The Bertz CT molecular complexity index is 824. The minimum atomic E-state index is -0.389. The Labute approximate surface area is 154 Å². The molecule has 0 aliphatic rings. The van der Waals surface area contributed by atoms with Gasteiger partial charge in [0.15, 0.2) is 0 Å². The lowest BCUT2D eigenvalue weighted by Gasteiger charge is -2.15. The lowest BCUT2D eigenvalue weighted by molar-refractivity contribution is -0.147. The van der Waals surface area contributed by atoms with Crippen LogP contribution in [-0.2, 0) is 16.0 Å². The third-order valence-corrected chi connectivity index (χ3v) is 4.11. The van der Waals surface area contributed by atoms with Crippen molar-refractivity contribution in [3.05, 3.63) is 114 Å². The van der Waals surface area contributed by atoms with E-state index in [1.54, 1.807) is 0 Å². The molecule has 0 aromatic heterocycles. The molecule has 0 aliphatic heterocycles. The molecule has 1 atom stereocenters. The summed E-state index contributed by atoms with van der Waals surface area (Å²) in [5.74, 6) is -0.194. The zero-order valence-electron chi connectivity index (χ0n) is 14.6. The average Bonchev–Trinajstić information content (AvgIpc) is 2.72. The number of rotatable bonds is 7. The van der Waals surface area contributed by atoms with Crippen molar-refractivity contribution in [3.8, 4) is 0 Å². The van der Waals surface area contributed by atoms with E-state index in [0.29, 0.717) is 12.8 Å². The third-order valence-electron chi connectivity index (χ3n) is 4.11. The Morgan fingerprint density at radius 1 is 0.808 bits per heavy atom. The van der Waals surface area contributed by atoms with Crippen LogP contribution in [0.25, 0.3) is 6.08 Å². The van der Waals surface area contributed by atoms with Crippen LogP contribution in [0.2, 0.25) is 0 Å². The maximum atomic E-state index is 12.4. The Hall–Kier alpha value is -3.13. The molecule has 0 saturated carbocycles. The minimum Gasteiger partial charge on any atom is -0.453 e. The van der Waals surface area contributed by atoms with Crippen LogP contribution in [0.15, 0.2) is 97.1 Å². The van der Waals surface area contributed by atoms with Crippen LogP contribution in [0.1, 0.15) is 29.2 Å². The van der Waals surface area contributed by atoms with Crippen molar-refractivity contribution in [2.75, 3.05) is 0 Å². The first-order valence-corrected chi connectivity index (χ1v) is 8.83. The van der Waals surface area contributed by atoms with Crippen molar-refractivity contribution in [1.29, 1.82) is 0 Å². The van der Waals surface area contributed by atoms with Crippen LogP contribution in [-0.4, -0.2) is 5.97 Å². The van der Waals surface area contributed by atoms with Crippen molar-refractivity contribution in [2.45, 2.75) is 18.9 Å². The number of hydrogen-bond donors (Lipinski definition) is 0. The maximum absolute atomic E-state index is 12.4. The van der Waals surface area contributed by atoms with E-state index in [1.807, 2.05) is 103 Å². The lowest BCUT2D eigenvalue weighted by atomic mass is 10.1. The van der Waals surface area contributed by atoms with E-state index in [4.69, 9.17) is 4.74 Å². The van der Waals surface area contributed by atoms with Gasteiger partial charge in [-0.3, -0.25) is 4.79 Å². The molecule has 0 heterocycles. The van der Waals surface area contributed by atoms with Crippen LogP contribution in [0.5, 0.6) is 0 Å². The normalized spacial score (nSPS) is 12.0. The molecule has 130 valence electrons. The number of hydrogen-bond acceptors (Lipinski definition) is 2. The van der Waals surface area contributed by atoms with Crippen molar-refractivity contribution in [3.63, 3.8) is 0 Å². The number of benzene rings is 3. The molecule has 2 heteroatoms. The van der Waals surface area contributed by atoms with E-state index < -0.39 is 0 Å². The highest BCUT2D eigenvalue weighted by Crippen LogP contribution is 2.21. The highest BCUT2D eigenvalue weighted by molar-refractivity contribution is 5.70. The molecule has 3 aromatic carbocycles. The molecule has 26 heavy (non-hydrogen) atoms. The first kappa shape index (κ1) is 17.7. The standard InChI is InChI=1S/C24H22O2/c25-24(19-17-21-12-6-2-7-13-21)26-23(22-14-8-3-9-15-22)18-16-20-10-4-1-5-11-20/h1-16,18,23H,17,19H2/b18-16+. The molecule has 0 spiro atoms. The van der Waals surface area contributed by atoms with Gasteiger partial charge in [0.2, 0.25) is 0 Å². The van der Waals surface area contributed by atoms with Crippen LogP contribution in [0.4, 0.5) is 0 Å². The van der Waals surface area contributed by atoms with Crippen LogP contribution in [0.3, 0.4) is 0 Å². The van der Waals surface area contributed by atoms with E-state index in [9.17, 15) is 4.79 Å². The van der Waals surface area contributed by atoms with Crippen LogP contribution < -0.4 is 0 Å². The molecule has 3 aromatic rings. The molecule has 3 rings (SSSR count). The lowest BCUT2D eigenvalue weighted by Crippen LogP contribution is -2.10. The SMILES string of the molecule is O=C(CCc1ccccc1)OC(/C=C/c1ccccc1)c1ccccc1. The summed E-state index contributed by atoms with van der Waals surface area (Å²) in [6.07, 6.45) is 4.59. The molecule has 0 fully saturated rings. The fraction of sp³-hybridized carbons (Fsp3) is 0.125.